The largest absolute Gasteiger partial charge is 0.330 e. The highest BCUT2D eigenvalue weighted by atomic mass is 14.6. The van der Waals surface area contributed by atoms with Crippen LogP contribution < -0.4 is 5.73 Å². The van der Waals surface area contributed by atoms with E-state index in [0.717, 1.165) is 12.5 Å². The maximum Gasteiger partial charge on any atom is -0.00205 e. The highest BCUT2D eigenvalue weighted by Gasteiger charge is 2.32. The first-order valence-corrected chi connectivity index (χ1v) is 8.46. The summed E-state index contributed by atoms with van der Waals surface area (Å²) in [7, 11) is 0. The third kappa shape index (κ3) is 5.30. The second kappa shape index (κ2) is 8.96. The highest BCUT2D eigenvalue weighted by molar-refractivity contribution is 4.86. The van der Waals surface area contributed by atoms with Crippen LogP contribution in [0.1, 0.15) is 90.9 Å². The summed E-state index contributed by atoms with van der Waals surface area (Å²) in [5.41, 5.74) is 6.61. The number of hydrogen-bond acceptors (Lipinski definition) is 1. The minimum atomic E-state index is 0.524. The Kier molecular flexibility index (Phi) is 7.97. The van der Waals surface area contributed by atoms with E-state index >= 15 is 0 Å². The topological polar surface area (TPSA) is 26.0 Å². The lowest BCUT2D eigenvalue weighted by Gasteiger charge is -2.39. The molecule has 0 aromatic rings. The lowest BCUT2D eigenvalue weighted by molar-refractivity contribution is 0.138. The minimum absolute atomic E-state index is 0.524. The first-order valence-electron chi connectivity index (χ1n) is 8.46. The van der Waals surface area contributed by atoms with Crippen LogP contribution >= 0.6 is 0 Å². The van der Waals surface area contributed by atoms with Gasteiger partial charge in [0.05, 0.1) is 0 Å². The van der Waals surface area contributed by atoms with Crippen LogP contribution in [0.2, 0.25) is 0 Å². The second-order valence-electron chi connectivity index (χ2n) is 6.57. The van der Waals surface area contributed by atoms with Gasteiger partial charge in [-0.25, -0.2) is 0 Å². The fourth-order valence-electron chi connectivity index (χ4n) is 3.53. The Hall–Kier alpha value is -0.0400. The Morgan fingerprint density at radius 3 is 2.11 bits per heavy atom. The molecule has 0 spiro atoms. The molecule has 0 unspecified atom stereocenters. The first-order chi connectivity index (χ1) is 8.76. The van der Waals surface area contributed by atoms with E-state index in [1.54, 1.807) is 0 Å². The molecule has 0 aromatic carbocycles. The van der Waals surface area contributed by atoms with Crippen molar-refractivity contribution < 1.29 is 0 Å². The SMILES string of the molecule is CCCCCCCCC1(CN)CCC(CC)CC1. The molecule has 0 radical (unpaired) electrons. The van der Waals surface area contributed by atoms with Crippen LogP contribution in [0.3, 0.4) is 0 Å². The van der Waals surface area contributed by atoms with E-state index < -0.39 is 0 Å². The number of hydrogen-bond donors (Lipinski definition) is 1. The van der Waals surface area contributed by atoms with Crippen molar-refractivity contribution in [2.75, 3.05) is 6.54 Å². The van der Waals surface area contributed by atoms with Gasteiger partial charge in [0, 0.05) is 0 Å². The average Bonchev–Trinajstić information content (AvgIpc) is 2.43. The van der Waals surface area contributed by atoms with Crippen LogP contribution in [0.5, 0.6) is 0 Å². The molecule has 1 rings (SSSR count). The van der Waals surface area contributed by atoms with E-state index in [9.17, 15) is 0 Å². The van der Waals surface area contributed by atoms with Gasteiger partial charge in [-0.1, -0.05) is 58.8 Å². The number of unbranched alkanes of at least 4 members (excludes halogenated alkanes) is 5. The zero-order valence-electron chi connectivity index (χ0n) is 12.8. The Morgan fingerprint density at radius 1 is 0.944 bits per heavy atom. The van der Waals surface area contributed by atoms with Gasteiger partial charge < -0.3 is 5.73 Å². The van der Waals surface area contributed by atoms with Crippen molar-refractivity contribution in [2.45, 2.75) is 90.9 Å². The highest BCUT2D eigenvalue weighted by Crippen LogP contribution is 2.42. The number of rotatable bonds is 9. The Labute approximate surface area is 115 Å². The van der Waals surface area contributed by atoms with E-state index in [-0.39, 0.29) is 0 Å². The van der Waals surface area contributed by atoms with Gasteiger partial charge >= 0.3 is 0 Å². The molecule has 0 heterocycles. The van der Waals surface area contributed by atoms with Crippen molar-refractivity contribution in [3.05, 3.63) is 0 Å². The van der Waals surface area contributed by atoms with Gasteiger partial charge in [-0.2, -0.15) is 0 Å². The molecular formula is C17H35N. The van der Waals surface area contributed by atoms with E-state index in [2.05, 4.69) is 13.8 Å². The van der Waals surface area contributed by atoms with Crippen molar-refractivity contribution in [3.63, 3.8) is 0 Å². The molecule has 0 aromatic heterocycles. The maximum absolute atomic E-state index is 6.09. The third-order valence-corrected chi connectivity index (χ3v) is 5.24. The van der Waals surface area contributed by atoms with E-state index in [1.165, 1.54) is 77.0 Å². The van der Waals surface area contributed by atoms with Crippen LogP contribution in [0.25, 0.3) is 0 Å². The van der Waals surface area contributed by atoms with Crippen molar-refractivity contribution in [3.8, 4) is 0 Å². The van der Waals surface area contributed by atoms with Gasteiger partial charge in [-0.15, -0.1) is 0 Å². The molecule has 18 heavy (non-hydrogen) atoms. The molecule has 2 N–H and O–H groups in total. The second-order valence-corrected chi connectivity index (χ2v) is 6.57. The average molecular weight is 253 g/mol. The Bertz CT molecular complexity index is 192. The van der Waals surface area contributed by atoms with Gasteiger partial charge in [0.25, 0.3) is 0 Å². The summed E-state index contributed by atoms with van der Waals surface area (Å²) in [6.07, 6.45) is 16.9. The third-order valence-electron chi connectivity index (χ3n) is 5.24. The molecule has 0 amide bonds. The normalized spacial score (nSPS) is 28.5. The van der Waals surface area contributed by atoms with E-state index in [0.29, 0.717) is 5.41 Å². The first kappa shape index (κ1) is 16.0. The smallest absolute Gasteiger partial charge is 0.00205 e. The minimum Gasteiger partial charge on any atom is -0.330 e. The van der Waals surface area contributed by atoms with Crippen LogP contribution in [0.4, 0.5) is 0 Å². The van der Waals surface area contributed by atoms with Crippen molar-refractivity contribution in [1.29, 1.82) is 0 Å². The molecule has 1 nitrogen and oxygen atoms in total. The summed E-state index contributed by atoms with van der Waals surface area (Å²) in [5.74, 6) is 0.995. The van der Waals surface area contributed by atoms with Gasteiger partial charge in [0.2, 0.25) is 0 Å². The molecule has 1 fully saturated rings. The molecule has 0 aliphatic heterocycles. The van der Waals surface area contributed by atoms with Gasteiger partial charge in [-0.05, 0) is 50.0 Å². The zero-order chi connectivity index (χ0) is 13.3. The summed E-state index contributed by atoms with van der Waals surface area (Å²) in [5, 5.41) is 0. The fraction of sp³-hybridized carbons (Fsp3) is 1.00. The van der Waals surface area contributed by atoms with E-state index in [4.69, 9.17) is 5.73 Å². The predicted molar refractivity (Wildman–Crippen MR) is 81.7 cm³/mol. The van der Waals surface area contributed by atoms with Crippen molar-refractivity contribution in [2.24, 2.45) is 17.1 Å². The van der Waals surface area contributed by atoms with Gasteiger partial charge in [0.15, 0.2) is 0 Å². The monoisotopic (exact) mass is 253 g/mol. The van der Waals surface area contributed by atoms with Gasteiger partial charge in [0.1, 0.15) is 0 Å². The molecule has 0 bridgehead atoms. The lowest BCUT2D eigenvalue weighted by Crippen LogP contribution is -2.34. The zero-order valence-corrected chi connectivity index (χ0v) is 12.8. The Balaban J connectivity index is 2.17. The Morgan fingerprint density at radius 2 is 1.56 bits per heavy atom. The summed E-state index contributed by atoms with van der Waals surface area (Å²) in [4.78, 5) is 0. The molecule has 1 heteroatoms. The molecule has 1 aliphatic rings. The van der Waals surface area contributed by atoms with Crippen molar-refractivity contribution >= 4 is 0 Å². The van der Waals surface area contributed by atoms with Crippen molar-refractivity contribution in [1.82, 2.24) is 0 Å². The fourth-order valence-corrected chi connectivity index (χ4v) is 3.53. The quantitative estimate of drug-likeness (QED) is 0.556. The summed E-state index contributed by atoms with van der Waals surface area (Å²) in [6, 6.07) is 0. The van der Waals surface area contributed by atoms with Crippen LogP contribution in [0.15, 0.2) is 0 Å². The molecule has 1 saturated carbocycles. The predicted octanol–water partition coefficient (Wildman–Crippen LogP) is 5.28. The standard InChI is InChI=1S/C17H35N/c1-3-5-6-7-8-9-12-17(15-18)13-10-16(4-2)11-14-17/h16H,3-15,18H2,1-2H3. The summed E-state index contributed by atoms with van der Waals surface area (Å²) >= 11 is 0. The summed E-state index contributed by atoms with van der Waals surface area (Å²) in [6.45, 7) is 5.56. The molecular weight excluding hydrogens is 218 g/mol. The molecule has 0 saturated heterocycles. The molecule has 0 atom stereocenters. The van der Waals surface area contributed by atoms with E-state index in [1.807, 2.05) is 0 Å². The van der Waals surface area contributed by atoms with Gasteiger partial charge in [-0.3, -0.25) is 0 Å². The summed E-state index contributed by atoms with van der Waals surface area (Å²) < 4.78 is 0. The van der Waals surface area contributed by atoms with Crippen LogP contribution in [0, 0.1) is 11.3 Å². The van der Waals surface area contributed by atoms with Crippen LogP contribution in [-0.4, -0.2) is 6.54 Å². The lowest BCUT2D eigenvalue weighted by atomic mass is 9.67. The number of nitrogens with two attached hydrogens (primary N) is 1. The molecule has 1 aliphatic carbocycles. The maximum atomic E-state index is 6.09. The molecule has 108 valence electrons. The van der Waals surface area contributed by atoms with Crippen LogP contribution in [-0.2, 0) is 0 Å².